The number of rotatable bonds is 7. The largest absolute Gasteiger partial charge is 0.479 e. The first kappa shape index (κ1) is 23.0. The second kappa shape index (κ2) is 9.25. The number of nitrogens with zero attached hydrogens (tertiary/aromatic N) is 6. The van der Waals surface area contributed by atoms with E-state index in [4.69, 9.17) is 9.47 Å². The number of halogens is 3. The number of aryl methyl sites for hydroxylation is 1. The van der Waals surface area contributed by atoms with Crippen molar-refractivity contribution in [3.8, 4) is 17.0 Å². The summed E-state index contributed by atoms with van der Waals surface area (Å²) in [6.45, 7) is 1.93. The van der Waals surface area contributed by atoms with Crippen LogP contribution in [0.3, 0.4) is 0 Å². The molecule has 2 aliphatic heterocycles. The van der Waals surface area contributed by atoms with Crippen molar-refractivity contribution in [2.24, 2.45) is 0 Å². The summed E-state index contributed by atoms with van der Waals surface area (Å²) in [4.78, 5) is 10.7. The van der Waals surface area contributed by atoms with E-state index in [9.17, 15) is 13.2 Å². The van der Waals surface area contributed by atoms with Crippen molar-refractivity contribution >= 4 is 22.5 Å². The van der Waals surface area contributed by atoms with Gasteiger partial charge in [0.25, 0.3) is 0 Å². The number of ether oxygens (including phenoxy) is 2. The maximum absolute atomic E-state index is 14.9. The Morgan fingerprint density at radius 3 is 2.86 bits per heavy atom. The smallest absolute Gasteiger partial charge is 0.244 e. The zero-order chi connectivity index (χ0) is 24.8. The van der Waals surface area contributed by atoms with Crippen LogP contribution in [0.4, 0.5) is 19.1 Å². The van der Waals surface area contributed by atoms with Gasteiger partial charge in [-0.15, -0.1) is 5.10 Å². The number of nitrogens with one attached hydrogen (secondary N) is 1. The summed E-state index contributed by atoms with van der Waals surface area (Å²) in [6, 6.07) is 4.80. The lowest BCUT2D eigenvalue weighted by Crippen LogP contribution is -2.57. The molecule has 0 unspecified atom stereocenters. The third-order valence-corrected chi connectivity index (χ3v) is 7.01. The van der Waals surface area contributed by atoms with Gasteiger partial charge in [-0.2, -0.15) is 4.98 Å². The molecule has 2 fully saturated rings. The molecule has 190 valence electrons. The topological polar surface area (TPSA) is 81.7 Å². The highest BCUT2D eigenvalue weighted by Crippen LogP contribution is 2.34. The minimum Gasteiger partial charge on any atom is -0.479 e. The fourth-order valence-electron chi connectivity index (χ4n) is 5.00. The average Bonchev–Trinajstić information content (AvgIpc) is 3.44. The van der Waals surface area contributed by atoms with Crippen molar-refractivity contribution in [1.29, 1.82) is 0 Å². The summed E-state index contributed by atoms with van der Waals surface area (Å²) in [7, 11) is 1.49. The van der Waals surface area contributed by atoms with E-state index in [2.05, 4.69) is 25.3 Å². The number of likely N-dealkylation sites (tertiary alicyclic amines) is 1. The molecule has 0 saturated carbocycles. The zero-order valence-electron chi connectivity index (χ0n) is 19.7. The molecule has 2 saturated heterocycles. The van der Waals surface area contributed by atoms with Gasteiger partial charge in [-0.25, -0.2) is 22.7 Å². The molecule has 1 aromatic carbocycles. The maximum Gasteiger partial charge on any atom is 0.244 e. The Labute approximate surface area is 204 Å². The molecular weight excluding hydrogens is 475 g/mol. The number of aromatic nitrogens is 5. The third kappa shape index (κ3) is 3.94. The molecule has 2 atom stereocenters. The van der Waals surface area contributed by atoms with Crippen LogP contribution < -0.4 is 10.1 Å². The van der Waals surface area contributed by atoms with Crippen LogP contribution in [0.25, 0.3) is 27.7 Å². The number of imidazole rings is 1. The van der Waals surface area contributed by atoms with Gasteiger partial charge in [-0.05, 0) is 30.2 Å². The Morgan fingerprint density at radius 2 is 2.14 bits per heavy atom. The number of hydrogen-bond donors (Lipinski definition) is 1. The van der Waals surface area contributed by atoms with Gasteiger partial charge in [0.05, 0.1) is 50.8 Å². The first-order valence-electron chi connectivity index (χ1n) is 11.9. The van der Waals surface area contributed by atoms with Gasteiger partial charge in [0, 0.05) is 24.8 Å². The fourth-order valence-corrected chi connectivity index (χ4v) is 5.00. The van der Waals surface area contributed by atoms with Crippen molar-refractivity contribution in [3.05, 3.63) is 36.5 Å². The molecule has 2 aliphatic rings. The van der Waals surface area contributed by atoms with Gasteiger partial charge in [-0.1, -0.05) is 0 Å². The zero-order valence-corrected chi connectivity index (χ0v) is 19.7. The summed E-state index contributed by atoms with van der Waals surface area (Å²) in [5, 5.41) is 7.65. The molecule has 0 spiro atoms. The molecular formula is C24H26F3N7O2. The average molecular weight is 502 g/mol. The first-order chi connectivity index (χ1) is 17.6. The quantitative estimate of drug-likeness (QED) is 0.417. The minimum absolute atomic E-state index is 0.0836. The van der Waals surface area contributed by atoms with Gasteiger partial charge in [0.1, 0.15) is 23.9 Å². The molecule has 9 nitrogen and oxygen atoms in total. The highest BCUT2D eigenvalue weighted by atomic mass is 19.1. The van der Waals surface area contributed by atoms with E-state index >= 15 is 0 Å². The second-order valence-electron chi connectivity index (χ2n) is 9.16. The molecule has 0 aliphatic carbocycles. The van der Waals surface area contributed by atoms with E-state index in [1.165, 1.54) is 19.5 Å². The van der Waals surface area contributed by atoms with Crippen molar-refractivity contribution in [3.63, 3.8) is 0 Å². The lowest BCUT2D eigenvalue weighted by molar-refractivity contribution is -0.0794. The number of fused-ring (bicyclic) bond motifs is 2. The van der Waals surface area contributed by atoms with Crippen LogP contribution in [0.15, 0.2) is 30.7 Å². The number of piperidine rings is 1. The molecule has 36 heavy (non-hydrogen) atoms. The lowest BCUT2D eigenvalue weighted by atomic mass is 10.0. The number of alkyl halides is 2. The molecule has 5 heterocycles. The van der Waals surface area contributed by atoms with Crippen molar-refractivity contribution in [2.45, 2.75) is 31.2 Å². The lowest BCUT2D eigenvalue weighted by Gasteiger charge is -2.42. The molecule has 0 bridgehead atoms. The van der Waals surface area contributed by atoms with E-state index in [0.717, 1.165) is 6.54 Å². The van der Waals surface area contributed by atoms with Crippen LogP contribution in [0, 0.1) is 5.82 Å². The third-order valence-electron chi connectivity index (χ3n) is 7.01. The number of anilines is 1. The summed E-state index contributed by atoms with van der Waals surface area (Å²) in [6.07, 6.45) is 2.69. The molecule has 1 N–H and O–H groups in total. The van der Waals surface area contributed by atoms with Crippen LogP contribution in [-0.4, -0.2) is 87.4 Å². The van der Waals surface area contributed by atoms with Crippen LogP contribution in [0.2, 0.25) is 0 Å². The van der Waals surface area contributed by atoms with E-state index in [0.29, 0.717) is 54.4 Å². The Kier molecular flexibility index (Phi) is 5.92. The second-order valence-corrected chi connectivity index (χ2v) is 9.16. The predicted octanol–water partition coefficient (Wildman–Crippen LogP) is 3.09. The van der Waals surface area contributed by atoms with Gasteiger partial charge in [0.15, 0.2) is 5.82 Å². The van der Waals surface area contributed by atoms with Crippen molar-refractivity contribution in [1.82, 2.24) is 29.0 Å². The number of benzene rings is 1. The van der Waals surface area contributed by atoms with Crippen LogP contribution in [0.1, 0.15) is 6.42 Å². The molecule has 3 aromatic heterocycles. The molecule has 12 heteroatoms. The summed E-state index contributed by atoms with van der Waals surface area (Å²) in [5.74, 6) is 0.00777. The van der Waals surface area contributed by atoms with E-state index in [1.54, 1.807) is 27.4 Å². The van der Waals surface area contributed by atoms with Gasteiger partial charge in [0.2, 0.25) is 11.8 Å². The Hall–Kier alpha value is -3.38. The normalized spacial score (nSPS) is 21.2. The SMILES string of the molecule is COc1nc(N[C@H]2CCN(C3COC3)C[C@@H]2F)nn2ccc(-c3cc(F)c4ncn(CCF)c4c3)c12. The first-order valence-corrected chi connectivity index (χ1v) is 11.9. The van der Waals surface area contributed by atoms with Crippen molar-refractivity contribution in [2.75, 3.05) is 45.4 Å². The Balaban J connectivity index is 1.31. The van der Waals surface area contributed by atoms with Gasteiger partial charge >= 0.3 is 0 Å². The highest BCUT2D eigenvalue weighted by molar-refractivity contribution is 5.90. The standard InChI is InChI=1S/C24H26F3N7O2/c1-35-23-22-16(14-8-17(26)21-20(9-14)33(7-4-25)13-28-21)2-6-34(22)31-24(30-23)29-19-3-5-32(10-18(19)27)15-11-36-12-15/h2,6,8-9,13,15,18-19H,3-5,7,10-12H2,1H3,(H,29,31)/t18-,19-/m0/s1. The predicted molar refractivity (Wildman–Crippen MR) is 127 cm³/mol. The van der Waals surface area contributed by atoms with Crippen LogP contribution in [-0.2, 0) is 11.3 Å². The van der Waals surface area contributed by atoms with Gasteiger partial charge in [-0.3, -0.25) is 4.90 Å². The minimum atomic E-state index is -1.08. The maximum atomic E-state index is 14.9. The van der Waals surface area contributed by atoms with E-state index in [1.807, 2.05) is 0 Å². The number of methoxy groups -OCH3 is 1. The van der Waals surface area contributed by atoms with E-state index in [-0.39, 0.29) is 23.9 Å². The molecule has 6 rings (SSSR count). The van der Waals surface area contributed by atoms with Crippen LogP contribution >= 0.6 is 0 Å². The fraction of sp³-hybridized carbons (Fsp3) is 0.458. The summed E-state index contributed by atoms with van der Waals surface area (Å²) >= 11 is 0. The van der Waals surface area contributed by atoms with Crippen LogP contribution in [0.5, 0.6) is 5.88 Å². The monoisotopic (exact) mass is 501 g/mol. The number of hydrogen-bond acceptors (Lipinski definition) is 7. The molecule has 0 amide bonds. The highest BCUT2D eigenvalue weighted by Gasteiger charge is 2.35. The van der Waals surface area contributed by atoms with Gasteiger partial charge < -0.3 is 19.4 Å². The van der Waals surface area contributed by atoms with Crippen molar-refractivity contribution < 1.29 is 22.6 Å². The molecule has 0 radical (unpaired) electrons. The Morgan fingerprint density at radius 1 is 1.28 bits per heavy atom. The Bertz CT molecular complexity index is 1400. The molecule has 4 aromatic rings. The summed E-state index contributed by atoms with van der Waals surface area (Å²) < 4.78 is 56.7. The summed E-state index contributed by atoms with van der Waals surface area (Å²) in [5.41, 5.74) is 2.42. The van der Waals surface area contributed by atoms with E-state index < -0.39 is 24.7 Å².